The highest BCUT2D eigenvalue weighted by Crippen LogP contribution is 2.33. The summed E-state index contributed by atoms with van der Waals surface area (Å²) in [7, 11) is 0. The summed E-state index contributed by atoms with van der Waals surface area (Å²) in [5.41, 5.74) is 1.90. The predicted molar refractivity (Wildman–Crippen MR) is 126 cm³/mol. The quantitative estimate of drug-likeness (QED) is 0.427. The zero-order chi connectivity index (χ0) is 22.2. The smallest absolute Gasteiger partial charge is 0.265 e. The highest BCUT2D eigenvalue weighted by molar-refractivity contribution is 7.99. The second-order valence-electron chi connectivity index (χ2n) is 7.38. The lowest BCUT2D eigenvalue weighted by atomic mass is 10.2. The third-order valence-electron chi connectivity index (χ3n) is 5.30. The molecule has 0 spiro atoms. The molecule has 1 atom stereocenters. The number of nitrogens with one attached hydrogen (secondary N) is 1. The van der Waals surface area contributed by atoms with Crippen LogP contribution in [0.4, 0.5) is 0 Å². The minimum atomic E-state index is -0.274. The number of thioether (sulfide) groups is 1. The minimum Gasteiger partial charge on any atom is -0.352 e. The zero-order valence-electron chi connectivity index (χ0n) is 16.7. The summed E-state index contributed by atoms with van der Waals surface area (Å²) in [6.07, 6.45) is 1.70. The van der Waals surface area contributed by atoms with Gasteiger partial charge in [-0.15, -0.1) is 0 Å². The summed E-state index contributed by atoms with van der Waals surface area (Å²) in [6.45, 7) is 0.339. The summed E-state index contributed by atoms with van der Waals surface area (Å²) in [6, 6.07) is 14.3. The molecule has 0 saturated heterocycles. The Morgan fingerprint density at radius 2 is 1.94 bits per heavy atom. The Labute approximate surface area is 197 Å². The molecule has 1 aliphatic rings. The molecule has 1 amide bonds. The van der Waals surface area contributed by atoms with E-state index in [1.165, 1.54) is 18.0 Å². The van der Waals surface area contributed by atoms with Crippen LogP contribution in [-0.2, 0) is 11.3 Å². The maximum atomic E-state index is 13.2. The lowest BCUT2D eigenvalue weighted by Gasteiger charge is -2.14. The zero-order valence-corrected chi connectivity index (χ0v) is 19.0. The molecule has 0 aliphatic carbocycles. The molecule has 1 aliphatic heterocycles. The molecular weight excluding hydrogens is 469 g/mol. The Hall–Kier alpha value is -2.81. The molecule has 3 heterocycles. The number of aromatic nitrogens is 4. The number of carbonyl (C=O) groups is 1. The van der Waals surface area contributed by atoms with E-state index in [2.05, 4.69) is 15.4 Å². The van der Waals surface area contributed by atoms with Gasteiger partial charge in [0.2, 0.25) is 5.91 Å². The first kappa shape index (κ1) is 21.1. The van der Waals surface area contributed by atoms with E-state index in [4.69, 9.17) is 23.2 Å². The highest BCUT2D eigenvalue weighted by Gasteiger charge is 2.29. The molecule has 5 rings (SSSR count). The normalized spacial score (nSPS) is 15.1. The molecule has 162 valence electrons. The van der Waals surface area contributed by atoms with Crippen molar-refractivity contribution in [2.45, 2.75) is 24.2 Å². The second kappa shape index (κ2) is 8.61. The van der Waals surface area contributed by atoms with Gasteiger partial charge in [-0.25, -0.2) is 9.67 Å². The largest absolute Gasteiger partial charge is 0.352 e. The molecule has 4 aromatic rings. The van der Waals surface area contributed by atoms with Crippen molar-refractivity contribution in [3.8, 4) is 5.69 Å². The van der Waals surface area contributed by atoms with Gasteiger partial charge in [-0.3, -0.25) is 14.2 Å². The second-order valence-corrected chi connectivity index (χ2v) is 9.21. The number of rotatable bonds is 5. The van der Waals surface area contributed by atoms with Crippen LogP contribution in [0.1, 0.15) is 18.0 Å². The molecule has 0 saturated carbocycles. The molecule has 0 fully saturated rings. The highest BCUT2D eigenvalue weighted by atomic mass is 35.5. The van der Waals surface area contributed by atoms with Crippen LogP contribution in [0.25, 0.3) is 16.7 Å². The third kappa shape index (κ3) is 3.90. The van der Waals surface area contributed by atoms with Crippen LogP contribution in [0.3, 0.4) is 0 Å². The van der Waals surface area contributed by atoms with Gasteiger partial charge < -0.3 is 5.32 Å². The SMILES string of the molecule is O=C(CC1CSc2nc3c(cnn3-c3ccc(Cl)cc3)c(=O)n21)NCc1ccccc1Cl. The Bertz CT molecular complexity index is 1380. The fraction of sp³-hybridized carbons (Fsp3) is 0.182. The van der Waals surface area contributed by atoms with Crippen molar-refractivity contribution in [2.24, 2.45) is 0 Å². The van der Waals surface area contributed by atoms with Crippen molar-refractivity contribution in [3.63, 3.8) is 0 Å². The van der Waals surface area contributed by atoms with Gasteiger partial charge in [0, 0.05) is 28.8 Å². The standard InChI is InChI=1S/C22H17Cl2N5O2S/c23-14-5-7-15(8-6-14)29-20-17(11-26-29)21(31)28-16(12-32-22(28)27-20)9-19(30)25-10-13-3-1-2-4-18(13)24/h1-8,11,16H,9-10,12H2,(H,25,30). The van der Waals surface area contributed by atoms with Crippen LogP contribution >= 0.6 is 35.0 Å². The molecule has 7 nitrogen and oxygen atoms in total. The molecule has 10 heteroatoms. The first-order valence-electron chi connectivity index (χ1n) is 9.90. The number of hydrogen-bond acceptors (Lipinski definition) is 5. The number of nitrogens with zero attached hydrogens (tertiary/aromatic N) is 4. The van der Waals surface area contributed by atoms with E-state index < -0.39 is 0 Å². The summed E-state index contributed by atoms with van der Waals surface area (Å²) < 4.78 is 3.23. The van der Waals surface area contributed by atoms with Crippen LogP contribution < -0.4 is 10.9 Å². The molecule has 1 N–H and O–H groups in total. The first-order chi connectivity index (χ1) is 15.5. The average Bonchev–Trinajstić information content (AvgIpc) is 3.39. The lowest BCUT2D eigenvalue weighted by Crippen LogP contribution is -2.30. The molecule has 0 radical (unpaired) electrons. The van der Waals surface area contributed by atoms with Crippen molar-refractivity contribution < 1.29 is 4.79 Å². The van der Waals surface area contributed by atoms with Crippen molar-refractivity contribution in [2.75, 3.05) is 5.75 Å². The minimum absolute atomic E-state index is 0.146. The van der Waals surface area contributed by atoms with Crippen LogP contribution in [0.15, 0.2) is 64.7 Å². The van der Waals surface area contributed by atoms with Crippen molar-refractivity contribution in [1.82, 2.24) is 24.6 Å². The van der Waals surface area contributed by atoms with Crippen molar-refractivity contribution in [3.05, 3.63) is 80.7 Å². The average molecular weight is 486 g/mol. The van der Waals surface area contributed by atoms with Gasteiger partial charge in [-0.05, 0) is 35.9 Å². The predicted octanol–water partition coefficient (Wildman–Crippen LogP) is 4.24. The number of halogens is 2. The van der Waals surface area contributed by atoms with Crippen molar-refractivity contribution >= 4 is 51.9 Å². The lowest BCUT2D eigenvalue weighted by molar-refractivity contribution is -0.121. The molecular formula is C22H17Cl2N5O2S. The van der Waals surface area contributed by atoms with Gasteiger partial charge in [0.15, 0.2) is 10.8 Å². The van der Waals surface area contributed by atoms with Gasteiger partial charge in [-0.1, -0.05) is 53.2 Å². The van der Waals surface area contributed by atoms with Crippen molar-refractivity contribution in [1.29, 1.82) is 0 Å². The van der Waals surface area contributed by atoms with E-state index in [1.54, 1.807) is 27.4 Å². The van der Waals surface area contributed by atoms with Gasteiger partial charge >= 0.3 is 0 Å². The third-order valence-corrected chi connectivity index (χ3v) is 7.02. The van der Waals surface area contributed by atoms with E-state index in [1.807, 2.05) is 30.3 Å². The molecule has 32 heavy (non-hydrogen) atoms. The summed E-state index contributed by atoms with van der Waals surface area (Å²) in [5, 5.41) is 9.46. The van der Waals surface area contributed by atoms with Gasteiger partial charge in [0.05, 0.1) is 17.9 Å². The van der Waals surface area contributed by atoms with Gasteiger partial charge in [0.1, 0.15) is 5.39 Å². The fourth-order valence-electron chi connectivity index (χ4n) is 3.67. The Balaban J connectivity index is 1.38. The summed E-state index contributed by atoms with van der Waals surface area (Å²) in [4.78, 5) is 30.5. The van der Waals surface area contributed by atoms with E-state index in [-0.39, 0.29) is 23.9 Å². The molecule has 0 bridgehead atoms. The fourth-order valence-corrected chi connectivity index (χ4v) is 5.13. The Morgan fingerprint density at radius 1 is 1.16 bits per heavy atom. The monoisotopic (exact) mass is 485 g/mol. The number of fused-ring (bicyclic) bond motifs is 2. The van der Waals surface area contributed by atoms with E-state index in [0.29, 0.717) is 38.5 Å². The summed E-state index contributed by atoms with van der Waals surface area (Å²) >= 11 is 13.6. The Kier molecular flexibility index (Phi) is 5.67. The maximum absolute atomic E-state index is 13.2. The molecule has 2 aromatic carbocycles. The van der Waals surface area contributed by atoms with Crippen LogP contribution in [0, 0.1) is 0 Å². The van der Waals surface area contributed by atoms with E-state index in [9.17, 15) is 9.59 Å². The Morgan fingerprint density at radius 3 is 2.72 bits per heavy atom. The van der Waals surface area contributed by atoms with Crippen LogP contribution in [-0.4, -0.2) is 31.0 Å². The van der Waals surface area contributed by atoms with E-state index >= 15 is 0 Å². The van der Waals surface area contributed by atoms with Crippen LogP contribution in [0.2, 0.25) is 10.0 Å². The number of hydrogen-bond donors (Lipinski definition) is 1. The van der Waals surface area contributed by atoms with E-state index in [0.717, 1.165) is 11.3 Å². The first-order valence-corrected chi connectivity index (χ1v) is 11.6. The number of amides is 1. The molecule has 2 aromatic heterocycles. The maximum Gasteiger partial charge on any atom is 0.265 e. The topological polar surface area (TPSA) is 81.8 Å². The van der Waals surface area contributed by atoms with Gasteiger partial charge in [-0.2, -0.15) is 5.10 Å². The molecule has 1 unspecified atom stereocenters. The van der Waals surface area contributed by atoms with Gasteiger partial charge in [0.25, 0.3) is 5.56 Å². The number of benzene rings is 2. The number of carbonyl (C=O) groups excluding carboxylic acids is 1. The summed E-state index contributed by atoms with van der Waals surface area (Å²) in [5.74, 6) is 0.454. The van der Waals surface area contributed by atoms with Crippen LogP contribution in [0.5, 0.6) is 0 Å².